The van der Waals surface area contributed by atoms with Gasteiger partial charge in [-0.2, -0.15) is 0 Å². The summed E-state index contributed by atoms with van der Waals surface area (Å²) in [5.41, 5.74) is 2.33. The molecule has 3 aromatic rings. The second-order valence-electron chi connectivity index (χ2n) is 10.2. The molecule has 0 radical (unpaired) electrons. The monoisotopic (exact) mass is 529 g/mol. The Morgan fingerprint density at radius 3 is 2.67 bits per heavy atom. The minimum absolute atomic E-state index is 0.0566. The summed E-state index contributed by atoms with van der Waals surface area (Å²) < 4.78 is 13.6. The number of nitrogens with zero attached hydrogens (tertiary/aromatic N) is 3. The molecular formula is C31H35N3O5. The van der Waals surface area contributed by atoms with Crippen molar-refractivity contribution in [3.05, 3.63) is 83.4 Å². The summed E-state index contributed by atoms with van der Waals surface area (Å²) in [6.07, 6.45) is 9.93. The molecule has 1 aromatic heterocycles. The van der Waals surface area contributed by atoms with Gasteiger partial charge in [0.05, 0.1) is 24.5 Å². The number of hydrogen-bond donors (Lipinski definition) is 1. The van der Waals surface area contributed by atoms with E-state index < -0.39 is 17.7 Å². The highest BCUT2D eigenvalue weighted by Crippen LogP contribution is 2.41. The zero-order valence-corrected chi connectivity index (χ0v) is 22.5. The number of ketones is 1. The fraction of sp³-hybridized carbons (Fsp3) is 0.387. The Labute approximate surface area is 228 Å². The minimum atomic E-state index is -0.703. The molecule has 0 saturated carbocycles. The van der Waals surface area contributed by atoms with Gasteiger partial charge in [-0.05, 0) is 61.2 Å². The van der Waals surface area contributed by atoms with Crippen molar-refractivity contribution in [1.82, 2.24) is 14.5 Å². The van der Waals surface area contributed by atoms with Crippen LogP contribution >= 0.6 is 0 Å². The summed E-state index contributed by atoms with van der Waals surface area (Å²) in [5, 5.41) is 11.5. The van der Waals surface area contributed by atoms with Gasteiger partial charge in [0.15, 0.2) is 0 Å². The molecule has 1 amide bonds. The van der Waals surface area contributed by atoms with Crippen molar-refractivity contribution < 1.29 is 24.2 Å². The van der Waals surface area contributed by atoms with Gasteiger partial charge in [-0.25, -0.2) is 4.98 Å². The molecule has 0 spiro atoms. The molecule has 204 valence electrons. The molecule has 8 heteroatoms. The van der Waals surface area contributed by atoms with E-state index in [-0.39, 0.29) is 17.4 Å². The van der Waals surface area contributed by atoms with Gasteiger partial charge < -0.3 is 24.0 Å². The molecule has 2 atom stereocenters. The number of unbranched alkanes of at least 4 members (excludes halogenated alkanes) is 2. The number of aliphatic hydroxyl groups is 1. The maximum Gasteiger partial charge on any atom is 0.295 e. The van der Waals surface area contributed by atoms with Gasteiger partial charge in [-0.1, -0.05) is 31.9 Å². The fourth-order valence-electron chi connectivity index (χ4n) is 5.31. The Bertz CT molecular complexity index is 1350. The van der Waals surface area contributed by atoms with Crippen LogP contribution in [0.3, 0.4) is 0 Å². The Morgan fingerprint density at radius 2 is 1.92 bits per heavy atom. The highest BCUT2D eigenvalue weighted by molar-refractivity contribution is 6.46. The van der Waals surface area contributed by atoms with Gasteiger partial charge in [0.2, 0.25) is 0 Å². The van der Waals surface area contributed by atoms with E-state index in [0.29, 0.717) is 31.7 Å². The van der Waals surface area contributed by atoms with Gasteiger partial charge in [0.1, 0.15) is 23.4 Å². The van der Waals surface area contributed by atoms with Crippen LogP contribution < -0.4 is 9.47 Å². The lowest BCUT2D eigenvalue weighted by Gasteiger charge is -2.25. The summed E-state index contributed by atoms with van der Waals surface area (Å²) in [6.45, 7) is 5.79. The van der Waals surface area contributed by atoms with E-state index in [1.54, 1.807) is 23.5 Å². The van der Waals surface area contributed by atoms with E-state index in [9.17, 15) is 14.7 Å². The number of imidazole rings is 1. The lowest BCUT2D eigenvalue weighted by atomic mass is 9.94. The molecule has 1 saturated heterocycles. The van der Waals surface area contributed by atoms with E-state index in [2.05, 4.69) is 11.9 Å². The summed E-state index contributed by atoms with van der Waals surface area (Å²) in [5.74, 6) is 0.0674. The number of Topliss-reactive ketones (excluding diaryl/α,β-unsaturated/α-hetero) is 1. The van der Waals surface area contributed by atoms with Crippen LogP contribution in [-0.4, -0.2) is 50.5 Å². The summed E-state index contributed by atoms with van der Waals surface area (Å²) in [6, 6.07) is 12.2. The molecule has 0 bridgehead atoms. The number of ether oxygens (including phenoxy) is 2. The number of hydrogen-bond acceptors (Lipinski definition) is 6. The Balaban J connectivity index is 1.46. The van der Waals surface area contributed by atoms with Gasteiger partial charge >= 0.3 is 0 Å². The number of benzene rings is 2. The topological polar surface area (TPSA) is 93.9 Å². The molecule has 1 N–H and O–H groups in total. The second-order valence-corrected chi connectivity index (χ2v) is 10.2. The maximum absolute atomic E-state index is 13.4. The van der Waals surface area contributed by atoms with Crippen molar-refractivity contribution in [3.63, 3.8) is 0 Å². The number of aryl methyl sites for hydroxylation is 1. The first kappa shape index (κ1) is 26.5. The van der Waals surface area contributed by atoms with Crippen LogP contribution in [0.2, 0.25) is 0 Å². The number of amides is 1. The molecule has 2 aliphatic heterocycles. The Morgan fingerprint density at radius 1 is 1.10 bits per heavy atom. The third kappa shape index (κ3) is 5.70. The zero-order valence-electron chi connectivity index (χ0n) is 22.5. The first-order valence-electron chi connectivity index (χ1n) is 13.7. The predicted molar refractivity (Wildman–Crippen MR) is 148 cm³/mol. The molecule has 2 aromatic carbocycles. The molecule has 0 aliphatic carbocycles. The van der Waals surface area contributed by atoms with Crippen LogP contribution in [0.4, 0.5) is 0 Å². The van der Waals surface area contributed by atoms with E-state index in [1.165, 1.54) is 0 Å². The lowest BCUT2D eigenvalue weighted by Crippen LogP contribution is -2.31. The first-order chi connectivity index (χ1) is 19.0. The Hall–Kier alpha value is -4.07. The molecule has 2 unspecified atom stereocenters. The van der Waals surface area contributed by atoms with Crippen LogP contribution in [0.5, 0.6) is 11.5 Å². The fourth-order valence-corrected chi connectivity index (χ4v) is 5.31. The maximum atomic E-state index is 13.4. The minimum Gasteiger partial charge on any atom is -0.507 e. The van der Waals surface area contributed by atoms with Crippen molar-refractivity contribution in [2.45, 2.75) is 64.6 Å². The van der Waals surface area contributed by atoms with E-state index in [1.807, 2.05) is 54.1 Å². The van der Waals surface area contributed by atoms with Crippen LogP contribution in [-0.2, 0) is 22.6 Å². The van der Waals surface area contributed by atoms with Crippen LogP contribution in [0.25, 0.3) is 5.76 Å². The third-order valence-corrected chi connectivity index (χ3v) is 7.30. The summed E-state index contributed by atoms with van der Waals surface area (Å²) in [7, 11) is 0. The van der Waals surface area contributed by atoms with Crippen molar-refractivity contribution >= 4 is 17.4 Å². The number of carbonyl (C=O) groups excluding carboxylic acids is 2. The van der Waals surface area contributed by atoms with Gasteiger partial charge in [-0.3, -0.25) is 9.59 Å². The normalized spacial score (nSPS) is 19.8. The standard InChI is InChI=1S/C31H35N3O5/c1-3-4-5-17-38-25-10-7-22(8-11-25)28-27(29(35)23-9-12-26-24(19-23)18-21(2)39-26)30(36)31(37)34(28)15-6-14-33-16-13-32-20-33/h7-13,16,19-21,28,35H,3-6,14-15,17-18H2,1-2H3. The number of rotatable bonds is 11. The zero-order chi connectivity index (χ0) is 27.4. The van der Waals surface area contributed by atoms with Crippen molar-refractivity contribution in [1.29, 1.82) is 0 Å². The van der Waals surface area contributed by atoms with E-state index in [0.717, 1.165) is 48.3 Å². The quantitative estimate of drug-likeness (QED) is 0.157. The molecule has 5 rings (SSSR count). The molecule has 3 heterocycles. The average Bonchev–Trinajstić information content (AvgIpc) is 3.65. The average molecular weight is 530 g/mol. The second kappa shape index (κ2) is 11.8. The summed E-state index contributed by atoms with van der Waals surface area (Å²) >= 11 is 0. The van der Waals surface area contributed by atoms with Gasteiger partial charge in [-0.15, -0.1) is 0 Å². The smallest absolute Gasteiger partial charge is 0.295 e. The number of aromatic nitrogens is 2. The predicted octanol–water partition coefficient (Wildman–Crippen LogP) is 5.29. The van der Waals surface area contributed by atoms with E-state index >= 15 is 0 Å². The third-order valence-electron chi connectivity index (χ3n) is 7.30. The number of fused-ring (bicyclic) bond motifs is 1. The number of carbonyl (C=O) groups is 2. The van der Waals surface area contributed by atoms with Crippen molar-refractivity contribution in [3.8, 4) is 11.5 Å². The summed E-state index contributed by atoms with van der Waals surface area (Å²) in [4.78, 5) is 32.3. The van der Waals surface area contributed by atoms with Crippen LogP contribution in [0, 0.1) is 0 Å². The van der Waals surface area contributed by atoms with Gasteiger partial charge in [0, 0.05) is 37.5 Å². The molecule has 1 fully saturated rings. The lowest BCUT2D eigenvalue weighted by molar-refractivity contribution is -0.139. The van der Waals surface area contributed by atoms with Crippen molar-refractivity contribution in [2.75, 3.05) is 13.2 Å². The van der Waals surface area contributed by atoms with E-state index in [4.69, 9.17) is 9.47 Å². The number of aliphatic hydroxyl groups excluding tert-OH is 1. The van der Waals surface area contributed by atoms with Crippen LogP contribution in [0.15, 0.2) is 66.8 Å². The molecule has 39 heavy (non-hydrogen) atoms. The SMILES string of the molecule is CCCCCOc1ccc(C2C(=C(O)c3ccc4c(c3)CC(C)O4)C(=O)C(=O)N2CCCn2ccnc2)cc1. The van der Waals surface area contributed by atoms with Gasteiger partial charge in [0.25, 0.3) is 11.7 Å². The highest BCUT2D eigenvalue weighted by atomic mass is 16.5. The first-order valence-corrected chi connectivity index (χ1v) is 13.7. The molecule has 2 aliphatic rings. The number of likely N-dealkylation sites (tertiary alicyclic amines) is 1. The van der Waals surface area contributed by atoms with Crippen molar-refractivity contribution in [2.24, 2.45) is 0 Å². The molecule has 8 nitrogen and oxygen atoms in total. The Kier molecular flexibility index (Phi) is 8.00. The van der Waals surface area contributed by atoms with Crippen LogP contribution in [0.1, 0.15) is 62.3 Å². The largest absolute Gasteiger partial charge is 0.507 e. The highest BCUT2D eigenvalue weighted by Gasteiger charge is 2.45. The molecular weight excluding hydrogens is 494 g/mol.